The van der Waals surface area contributed by atoms with Gasteiger partial charge in [0.15, 0.2) is 5.96 Å². The lowest BCUT2D eigenvalue weighted by Gasteiger charge is -2.26. The molecule has 3 aromatic rings. The number of nitrogens with two attached hydrogens (primary N) is 1. The van der Waals surface area contributed by atoms with Gasteiger partial charge in [0.05, 0.1) is 12.6 Å². The number of aromatic amines is 1. The second kappa shape index (κ2) is 6.89. The number of para-hydroxylation sites is 1. The van der Waals surface area contributed by atoms with Crippen molar-refractivity contribution in [2.75, 3.05) is 13.2 Å². The van der Waals surface area contributed by atoms with E-state index < -0.39 is 0 Å². The van der Waals surface area contributed by atoms with Gasteiger partial charge in [0, 0.05) is 35.6 Å². The highest BCUT2D eigenvalue weighted by atomic mass is 16.5. The van der Waals surface area contributed by atoms with Gasteiger partial charge in [-0.1, -0.05) is 30.3 Å². The first-order valence-corrected chi connectivity index (χ1v) is 8.64. The summed E-state index contributed by atoms with van der Waals surface area (Å²) in [6, 6.07) is 16.6. The lowest BCUT2D eigenvalue weighted by Crippen LogP contribution is -2.37. The van der Waals surface area contributed by atoms with Crippen molar-refractivity contribution >= 4 is 16.9 Å². The first kappa shape index (κ1) is 15.6. The van der Waals surface area contributed by atoms with Crippen molar-refractivity contribution in [2.24, 2.45) is 10.7 Å². The molecule has 0 radical (unpaired) electrons. The summed E-state index contributed by atoms with van der Waals surface area (Å²) < 4.78 is 5.68. The third kappa shape index (κ3) is 3.31. The zero-order valence-electron chi connectivity index (χ0n) is 14.0. The average Bonchev–Trinajstić information content (AvgIpc) is 3.12. The molecule has 1 aliphatic rings. The van der Waals surface area contributed by atoms with E-state index in [-0.39, 0.29) is 6.04 Å². The van der Waals surface area contributed by atoms with E-state index in [1.54, 1.807) is 0 Å². The molecule has 4 rings (SSSR count). The molecule has 2 aromatic carbocycles. The molecule has 1 aromatic heterocycles. The van der Waals surface area contributed by atoms with Crippen LogP contribution in [-0.2, 0) is 6.42 Å². The summed E-state index contributed by atoms with van der Waals surface area (Å²) >= 11 is 0. The van der Waals surface area contributed by atoms with E-state index >= 15 is 0 Å². The van der Waals surface area contributed by atoms with Gasteiger partial charge in [0.2, 0.25) is 0 Å². The SMILES string of the molecule is NC(=NCCc1cccc2[nH]ccc12)NC1CCOc2ccccc21. The molecule has 1 atom stereocenters. The van der Waals surface area contributed by atoms with Crippen LogP contribution in [0, 0.1) is 0 Å². The number of H-pyrrole nitrogens is 1. The van der Waals surface area contributed by atoms with Gasteiger partial charge in [0.25, 0.3) is 0 Å². The fourth-order valence-electron chi connectivity index (χ4n) is 3.38. The molecule has 128 valence electrons. The second-order valence-electron chi connectivity index (χ2n) is 6.24. The van der Waals surface area contributed by atoms with Gasteiger partial charge < -0.3 is 20.8 Å². The molecule has 1 aliphatic heterocycles. The zero-order valence-corrected chi connectivity index (χ0v) is 14.0. The quantitative estimate of drug-likeness (QED) is 0.507. The Kier molecular flexibility index (Phi) is 4.29. The molecule has 0 spiro atoms. The Balaban J connectivity index is 1.40. The van der Waals surface area contributed by atoms with Crippen LogP contribution in [0.3, 0.4) is 0 Å². The number of ether oxygens (including phenoxy) is 1. The lowest BCUT2D eigenvalue weighted by atomic mass is 10.0. The van der Waals surface area contributed by atoms with Gasteiger partial charge in [-0.15, -0.1) is 0 Å². The molecule has 5 heteroatoms. The third-order valence-electron chi connectivity index (χ3n) is 4.63. The molecule has 4 N–H and O–H groups in total. The fraction of sp³-hybridized carbons (Fsp3) is 0.250. The van der Waals surface area contributed by atoms with Gasteiger partial charge in [-0.05, 0) is 30.2 Å². The number of aliphatic imine (C=N–C) groups is 1. The number of hydrogen-bond acceptors (Lipinski definition) is 2. The van der Waals surface area contributed by atoms with Gasteiger partial charge in [-0.3, -0.25) is 4.99 Å². The standard InChI is InChI=1S/C20H22N4O/c21-20(24-18-10-13-25-19-7-2-1-5-16(18)19)23-11-8-14-4-3-6-17-15(14)9-12-22-17/h1-7,9,12,18,22H,8,10-11,13H2,(H3,21,23,24). The fourth-order valence-corrected chi connectivity index (χ4v) is 3.38. The van der Waals surface area contributed by atoms with Crippen molar-refractivity contribution in [1.82, 2.24) is 10.3 Å². The number of nitrogens with one attached hydrogen (secondary N) is 2. The summed E-state index contributed by atoms with van der Waals surface area (Å²) in [6.45, 7) is 1.35. The minimum atomic E-state index is 0.154. The van der Waals surface area contributed by atoms with Crippen molar-refractivity contribution in [1.29, 1.82) is 0 Å². The molecule has 0 fully saturated rings. The first-order chi connectivity index (χ1) is 12.3. The highest BCUT2D eigenvalue weighted by molar-refractivity contribution is 5.83. The zero-order chi connectivity index (χ0) is 17.1. The Morgan fingerprint density at radius 2 is 2.12 bits per heavy atom. The molecule has 0 saturated carbocycles. The lowest BCUT2D eigenvalue weighted by molar-refractivity contribution is 0.262. The second-order valence-corrected chi connectivity index (χ2v) is 6.24. The van der Waals surface area contributed by atoms with E-state index in [1.165, 1.54) is 10.9 Å². The van der Waals surface area contributed by atoms with Crippen molar-refractivity contribution in [3.8, 4) is 5.75 Å². The van der Waals surface area contributed by atoms with Crippen LogP contribution in [0.4, 0.5) is 0 Å². The molecule has 5 nitrogen and oxygen atoms in total. The molecular formula is C20H22N4O. The van der Waals surface area contributed by atoms with E-state index in [0.717, 1.165) is 29.7 Å². The normalized spacial score (nSPS) is 17.1. The summed E-state index contributed by atoms with van der Waals surface area (Å²) in [5.74, 6) is 1.42. The summed E-state index contributed by atoms with van der Waals surface area (Å²) in [4.78, 5) is 7.75. The van der Waals surface area contributed by atoms with Gasteiger partial charge in [-0.2, -0.15) is 0 Å². The van der Waals surface area contributed by atoms with Crippen molar-refractivity contribution < 1.29 is 4.74 Å². The third-order valence-corrected chi connectivity index (χ3v) is 4.63. The van der Waals surface area contributed by atoms with E-state index in [4.69, 9.17) is 10.5 Å². The maximum absolute atomic E-state index is 6.11. The Morgan fingerprint density at radius 3 is 3.08 bits per heavy atom. The monoisotopic (exact) mass is 334 g/mol. The van der Waals surface area contributed by atoms with Crippen LogP contribution in [0.2, 0.25) is 0 Å². The largest absolute Gasteiger partial charge is 0.493 e. The molecule has 0 amide bonds. The van der Waals surface area contributed by atoms with E-state index in [2.05, 4.69) is 45.6 Å². The average molecular weight is 334 g/mol. The van der Waals surface area contributed by atoms with Crippen molar-refractivity contribution in [3.63, 3.8) is 0 Å². The van der Waals surface area contributed by atoms with E-state index in [9.17, 15) is 0 Å². The summed E-state index contributed by atoms with van der Waals surface area (Å²) in [7, 11) is 0. The predicted octanol–water partition coefficient (Wildman–Crippen LogP) is 3.14. The summed E-state index contributed by atoms with van der Waals surface area (Å²) in [5.41, 5.74) is 9.70. The van der Waals surface area contributed by atoms with Gasteiger partial charge in [0.1, 0.15) is 5.75 Å². The van der Waals surface area contributed by atoms with Crippen LogP contribution in [0.15, 0.2) is 59.7 Å². The number of guanidine groups is 1. The smallest absolute Gasteiger partial charge is 0.189 e. The van der Waals surface area contributed by atoms with Gasteiger partial charge in [-0.25, -0.2) is 0 Å². The minimum absolute atomic E-state index is 0.154. The maximum Gasteiger partial charge on any atom is 0.189 e. The number of fused-ring (bicyclic) bond motifs is 2. The molecule has 1 unspecified atom stereocenters. The molecule has 0 saturated heterocycles. The molecule has 0 aliphatic carbocycles. The number of nitrogens with zero attached hydrogens (tertiary/aromatic N) is 1. The molecule has 25 heavy (non-hydrogen) atoms. The Labute approximate surface area is 146 Å². The van der Waals surface area contributed by atoms with Crippen molar-refractivity contribution in [3.05, 3.63) is 65.9 Å². The number of aromatic nitrogens is 1. The highest BCUT2D eigenvalue weighted by Crippen LogP contribution is 2.31. The van der Waals surface area contributed by atoms with E-state index in [0.29, 0.717) is 19.1 Å². The first-order valence-electron chi connectivity index (χ1n) is 8.64. The van der Waals surface area contributed by atoms with Crippen LogP contribution in [-0.4, -0.2) is 24.1 Å². The Hall–Kier alpha value is -2.95. The topological polar surface area (TPSA) is 75.4 Å². The summed E-state index contributed by atoms with van der Waals surface area (Å²) in [6.07, 6.45) is 3.72. The van der Waals surface area contributed by atoms with Gasteiger partial charge >= 0.3 is 0 Å². The summed E-state index contributed by atoms with van der Waals surface area (Å²) in [5, 5.41) is 4.59. The van der Waals surface area contributed by atoms with Crippen LogP contribution >= 0.6 is 0 Å². The Morgan fingerprint density at radius 1 is 1.20 bits per heavy atom. The van der Waals surface area contributed by atoms with Crippen LogP contribution in [0.25, 0.3) is 10.9 Å². The highest BCUT2D eigenvalue weighted by Gasteiger charge is 2.21. The number of rotatable bonds is 4. The number of hydrogen-bond donors (Lipinski definition) is 3. The van der Waals surface area contributed by atoms with Crippen LogP contribution in [0.1, 0.15) is 23.6 Å². The predicted molar refractivity (Wildman–Crippen MR) is 101 cm³/mol. The molecule has 2 heterocycles. The maximum atomic E-state index is 6.11. The van der Waals surface area contributed by atoms with Crippen LogP contribution in [0.5, 0.6) is 5.75 Å². The van der Waals surface area contributed by atoms with Crippen LogP contribution < -0.4 is 15.8 Å². The molecular weight excluding hydrogens is 312 g/mol. The number of benzene rings is 2. The Bertz CT molecular complexity index is 899. The van der Waals surface area contributed by atoms with Crippen molar-refractivity contribution in [2.45, 2.75) is 18.9 Å². The molecule has 0 bridgehead atoms. The minimum Gasteiger partial charge on any atom is -0.493 e. The van der Waals surface area contributed by atoms with E-state index in [1.807, 2.05) is 24.4 Å².